The van der Waals surface area contributed by atoms with Crippen LogP contribution >= 0.6 is 0 Å². The summed E-state index contributed by atoms with van der Waals surface area (Å²) in [6.45, 7) is 4.98. The highest BCUT2D eigenvalue weighted by atomic mass is 32.2. The maximum absolute atomic E-state index is 13.0. The molecule has 28 heavy (non-hydrogen) atoms. The number of sulfonamides is 1. The molecule has 2 aromatic rings. The van der Waals surface area contributed by atoms with Crippen molar-refractivity contribution in [3.63, 3.8) is 0 Å². The Bertz CT molecular complexity index is 921. The number of carboxylic acids is 1. The molecule has 7 heteroatoms. The van der Waals surface area contributed by atoms with Crippen molar-refractivity contribution >= 4 is 16.0 Å². The lowest BCUT2D eigenvalue weighted by Crippen LogP contribution is -2.49. The second kappa shape index (κ2) is 8.86. The van der Waals surface area contributed by atoms with Crippen LogP contribution < -0.4 is 0 Å². The Morgan fingerprint density at radius 1 is 1.04 bits per heavy atom. The number of benzene rings is 2. The molecule has 0 radical (unpaired) electrons. The molecule has 1 fully saturated rings. The van der Waals surface area contributed by atoms with Gasteiger partial charge in [-0.15, -0.1) is 0 Å². The van der Waals surface area contributed by atoms with Gasteiger partial charge < -0.3 is 10.0 Å². The molecule has 0 aromatic heterocycles. The third kappa shape index (κ3) is 4.98. The summed E-state index contributed by atoms with van der Waals surface area (Å²) in [7, 11) is -3.61. The number of rotatable bonds is 7. The fourth-order valence-corrected chi connectivity index (χ4v) is 4.91. The van der Waals surface area contributed by atoms with Gasteiger partial charge in [-0.25, -0.2) is 8.42 Å². The quantitative estimate of drug-likeness (QED) is 0.768. The molecule has 0 amide bonds. The highest BCUT2D eigenvalue weighted by molar-refractivity contribution is 7.89. The number of carbonyl (C=O) groups is 1. The Kier molecular flexibility index (Phi) is 6.49. The second-order valence-electron chi connectivity index (χ2n) is 7.14. The highest BCUT2D eigenvalue weighted by Gasteiger charge is 2.28. The van der Waals surface area contributed by atoms with Crippen LogP contribution in [0.15, 0.2) is 53.4 Å². The number of hydrogen-bond donors (Lipinski definition) is 1. The van der Waals surface area contributed by atoms with Gasteiger partial charge in [0.2, 0.25) is 10.0 Å². The van der Waals surface area contributed by atoms with Gasteiger partial charge in [0.15, 0.2) is 0 Å². The third-order valence-electron chi connectivity index (χ3n) is 5.19. The van der Waals surface area contributed by atoms with Gasteiger partial charge in [0.1, 0.15) is 0 Å². The van der Waals surface area contributed by atoms with Crippen LogP contribution in [0.25, 0.3) is 0 Å². The molecule has 150 valence electrons. The third-order valence-corrected chi connectivity index (χ3v) is 7.09. The minimum absolute atomic E-state index is 0.173. The van der Waals surface area contributed by atoms with Crippen LogP contribution in [0.3, 0.4) is 0 Å². The Balaban J connectivity index is 1.62. The van der Waals surface area contributed by atoms with Gasteiger partial charge in [-0.1, -0.05) is 36.4 Å². The van der Waals surface area contributed by atoms with Gasteiger partial charge in [-0.2, -0.15) is 4.31 Å². The highest BCUT2D eigenvalue weighted by Crippen LogP contribution is 2.21. The zero-order valence-corrected chi connectivity index (χ0v) is 16.9. The molecule has 0 saturated carbocycles. The number of nitrogens with zero attached hydrogens (tertiary/aromatic N) is 2. The van der Waals surface area contributed by atoms with Gasteiger partial charge in [-0.05, 0) is 42.2 Å². The molecule has 1 saturated heterocycles. The van der Waals surface area contributed by atoms with Crippen molar-refractivity contribution in [2.24, 2.45) is 0 Å². The van der Waals surface area contributed by atoms with E-state index < -0.39 is 16.0 Å². The van der Waals surface area contributed by atoms with Crippen LogP contribution in [0, 0.1) is 6.92 Å². The minimum atomic E-state index is -3.61. The summed E-state index contributed by atoms with van der Waals surface area (Å²) < 4.78 is 27.5. The first-order valence-corrected chi connectivity index (χ1v) is 10.9. The Morgan fingerprint density at radius 2 is 1.71 bits per heavy atom. The Labute approximate surface area is 166 Å². The lowest BCUT2D eigenvalue weighted by molar-refractivity contribution is -0.136. The first-order chi connectivity index (χ1) is 13.4. The van der Waals surface area contributed by atoms with Crippen LogP contribution in [-0.4, -0.2) is 61.4 Å². The van der Waals surface area contributed by atoms with E-state index in [0.717, 1.165) is 18.5 Å². The number of hydrogen-bond acceptors (Lipinski definition) is 4. The maximum Gasteiger partial charge on any atom is 0.307 e. The second-order valence-corrected chi connectivity index (χ2v) is 9.08. The van der Waals surface area contributed by atoms with Gasteiger partial charge in [0, 0.05) is 32.7 Å². The first-order valence-electron chi connectivity index (χ1n) is 9.44. The van der Waals surface area contributed by atoms with E-state index in [4.69, 9.17) is 5.11 Å². The zero-order valence-electron chi connectivity index (χ0n) is 16.0. The van der Waals surface area contributed by atoms with Crippen molar-refractivity contribution in [2.75, 3.05) is 32.7 Å². The molecule has 0 aliphatic carbocycles. The standard InChI is InChI=1S/C21H26N2O4S/c1-17-7-8-20(15-19(17)16-21(24)25)28(26,27)23-13-11-22(12-14-23)10-9-18-5-3-2-4-6-18/h2-8,15H,9-14,16H2,1H3,(H,24,25). The van der Waals surface area contributed by atoms with Crippen LogP contribution in [0.5, 0.6) is 0 Å². The van der Waals surface area contributed by atoms with Crippen LogP contribution in [-0.2, 0) is 27.7 Å². The normalized spacial score (nSPS) is 16.2. The molecule has 0 unspecified atom stereocenters. The smallest absolute Gasteiger partial charge is 0.307 e. The van der Waals surface area contributed by atoms with Crippen molar-refractivity contribution in [3.05, 3.63) is 65.2 Å². The molecular formula is C21H26N2O4S. The topological polar surface area (TPSA) is 77.9 Å². The molecule has 2 aromatic carbocycles. The number of aryl methyl sites for hydroxylation is 1. The summed E-state index contributed by atoms with van der Waals surface area (Å²) in [5, 5.41) is 9.03. The summed E-state index contributed by atoms with van der Waals surface area (Å²) >= 11 is 0. The summed E-state index contributed by atoms with van der Waals surface area (Å²) in [6.07, 6.45) is 0.770. The van der Waals surface area contributed by atoms with Crippen LogP contribution in [0.1, 0.15) is 16.7 Å². The molecule has 3 rings (SSSR count). The molecular weight excluding hydrogens is 376 g/mol. The van der Waals surface area contributed by atoms with Crippen molar-refractivity contribution in [1.29, 1.82) is 0 Å². The zero-order chi connectivity index (χ0) is 20.1. The predicted octanol–water partition coefficient (Wildman–Crippen LogP) is 2.17. The molecule has 0 spiro atoms. The van der Waals surface area contributed by atoms with Crippen molar-refractivity contribution in [3.8, 4) is 0 Å². The minimum Gasteiger partial charge on any atom is -0.481 e. The molecule has 1 heterocycles. The maximum atomic E-state index is 13.0. The SMILES string of the molecule is Cc1ccc(S(=O)(=O)N2CCN(CCc3ccccc3)CC2)cc1CC(=O)O. The van der Waals surface area contributed by atoms with Crippen LogP contribution in [0.2, 0.25) is 0 Å². The molecule has 0 bridgehead atoms. The van der Waals surface area contributed by atoms with E-state index >= 15 is 0 Å². The fourth-order valence-electron chi connectivity index (χ4n) is 3.44. The van der Waals surface area contributed by atoms with E-state index in [-0.39, 0.29) is 11.3 Å². The lowest BCUT2D eigenvalue weighted by Gasteiger charge is -2.34. The number of aliphatic carboxylic acids is 1. The van der Waals surface area contributed by atoms with Gasteiger partial charge in [0.05, 0.1) is 11.3 Å². The summed E-state index contributed by atoms with van der Waals surface area (Å²) in [6, 6.07) is 15.0. The molecule has 0 atom stereocenters. The van der Waals surface area contributed by atoms with Gasteiger partial charge in [-0.3, -0.25) is 4.79 Å². The van der Waals surface area contributed by atoms with E-state index in [1.807, 2.05) is 18.2 Å². The van der Waals surface area contributed by atoms with Crippen LogP contribution in [0.4, 0.5) is 0 Å². The van der Waals surface area contributed by atoms with Crippen molar-refractivity contribution in [2.45, 2.75) is 24.7 Å². The predicted molar refractivity (Wildman–Crippen MR) is 108 cm³/mol. The lowest BCUT2D eigenvalue weighted by atomic mass is 10.1. The van der Waals surface area contributed by atoms with Crippen molar-refractivity contribution < 1.29 is 18.3 Å². The van der Waals surface area contributed by atoms with Gasteiger partial charge in [0.25, 0.3) is 0 Å². The summed E-state index contributed by atoms with van der Waals surface area (Å²) in [4.78, 5) is 13.5. The largest absolute Gasteiger partial charge is 0.481 e. The average Bonchev–Trinajstić information content (AvgIpc) is 2.69. The van der Waals surface area contributed by atoms with E-state index in [0.29, 0.717) is 31.7 Å². The molecule has 1 aliphatic rings. The number of carboxylic acid groups (broad SMARTS) is 1. The van der Waals surface area contributed by atoms with E-state index in [1.165, 1.54) is 15.9 Å². The molecule has 1 N–H and O–H groups in total. The van der Waals surface area contributed by atoms with E-state index in [1.54, 1.807) is 19.1 Å². The fraction of sp³-hybridized carbons (Fsp3) is 0.381. The monoisotopic (exact) mass is 402 g/mol. The van der Waals surface area contributed by atoms with E-state index in [2.05, 4.69) is 17.0 Å². The number of piperazine rings is 1. The van der Waals surface area contributed by atoms with Crippen molar-refractivity contribution in [1.82, 2.24) is 9.21 Å². The summed E-state index contributed by atoms with van der Waals surface area (Å²) in [5.74, 6) is -0.968. The first kappa shape index (κ1) is 20.5. The van der Waals surface area contributed by atoms with Gasteiger partial charge >= 0.3 is 5.97 Å². The average molecular weight is 403 g/mol. The Morgan fingerprint density at radius 3 is 2.36 bits per heavy atom. The summed E-state index contributed by atoms with van der Waals surface area (Å²) in [5.41, 5.74) is 2.60. The molecule has 6 nitrogen and oxygen atoms in total. The molecule has 1 aliphatic heterocycles. The van der Waals surface area contributed by atoms with E-state index in [9.17, 15) is 13.2 Å². The Hall–Kier alpha value is -2.22.